The van der Waals surface area contributed by atoms with E-state index in [9.17, 15) is 13.6 Å². The maximum atomic E-state index is 12.1. The number of hydrogen-bond donors (Lipinski definition) is 1. The van der Waals surface area contributed by atoms with Gasteiger partial charge in [0, 0.05) is 10.0 Å². The van der Waals surface area contributed by atoms with Gasteiger partial charge in [0.25, 0.3) is 12.0 Å². The highest BCUT2D eigenvalue weighted by atomic mass is 79.9. The molecule has 0 radical (unpaired) electrons. The Labute approximate surface area is 75.7 Å². The minimum Gasteiger partial charge on any atom is -0.320 e. The van der Waals surface area contributed by atoms with E-state index in [1.807, 2.05) is 0 Å². The number of hydrogen-bond acceptors (Lipinski definition) is 1. The molecular formula is C7H6BrF2NO. The zero-order valence-electron chi connectivity index (χ0n) is 6.20. The molecule has 0 aliphatic heterocycles. The molecule has 0 unspecified atom stereocenters. The number of aromatic amines is 1. The van der Waals surface area contributed by atoms with Gasteiger partial charge in [-0.3, -0.25) is 4.79 Å². The Hall–Kier alpha value is -0.710. The molecule has 0 aliphatic rings. The molecule has 2 nitrogen and oxygen atoms in total. The van der Waals surface area contributed by atoms with Crippen LogP contribution in [0.25, 0.3) is 0 Å². The first-order chi connectivity index (χ1) is 5.52. The van der Waals surface area contributed by atoms with Crippen LogP contribution in [0, 0.1) is 6.92 Å². The van der Waals surface area contributed by atoms with E-state index < -0.39 is 12.0 Å². The molecule has 0 fully saturated rings. The molecule has 1 rings (SSSR count). The summed E-state index contributed by atoms with van der Waals surface area (Å²) < 4.78 is 24.5. The van der Waals surface area contributed by atoms with Gasteiger partial charge < -0.3 is 4.98 Å². The Bertz CT molecular complexity index is 348. The molecule has 0 saturated carbocycles. The van der Waals surface area contributed by atoms with Crippen molar-refractivity contribution in [3.05, 3.63) is 32.2 Å². The second-order valence-corrected chi connectivity index (χ2v) is 3.20. The zero-order chi connectivity index (χ0) is 9.30. The predicted octanol–water partition coefficient (Wildman–Crippen LogP) is 2.38. The van der Waals surface area contributed by atoms with Crippen LogP contribution >= 0.6 is 15.9 Å². The van der Waals surface area contributed by atoms with Crippen molar-refractivity contribution in [3.8, 4) is 0 Å². The van der Waals surface area contributed by atoms with Crippen LogP contribution in [0.3, 0.4) is 0 Å². The average molecular weight is 238 g/mol. The second kappa shape index (κ2) is 3.35. The molecular weight excluding hydrogens is 232 g/mol. The highest BCUT2D eigenvalue weighted by molar-refractivity contribution is 9.10. The maximum Gasteiger partial charge on any atom is 0.279 e. The topological polar surface area (TPSA) is 32.9 Å². The van der Waals surface area contributed by atoms with Crippen LogP contribution < -0.4 is 5.56 Å². The van der Waals surface area contributed by atoms with Crippen LogP contribution in [0.15, 0.2) is 15.3 Å². The summed E-state index contributed by atoms with van der Waals surface area (Å²) >= 11 is 2.93. The minimum absolute atomic E-state index is 0.231. The van der Waals surface area contributed by atoms with Crippen LogP contribution in [0.1, 0.15) is 17.7 Å². The number of halogens is 3. The Morgan fingerprint density at radius 1 is 1.58 bits per heavy atom. The van der Waals surface area contributed by atoms with E-state index in [2.05, 4.69) is 20.9 Å². The molecule has 1 N–H and O–H groups in total. The lowest BCUT2D eigenvalue weighted by molar-refractivity contribution is 0.145. The summed E-state index contributed by atoms with van der Waals surface area (Å²) in [7, 11) is 0. The van der Waals surface area contributed by atoms with Gasteiger partial charge in [-0.2, -0.15) is 0 Å². The van der Waals surface area contributed by atoms with E-state index in [0.717, 1.165) is 0 Å². The van der Waals surface area contributed by atoms with Gasteiger partial charge in [0.15, 0.2) is 0 Å². The molecule has 5 heteroatoms. The Kier molecular flexibility index (Phi) is 2.62. The summed E-state index contributed by atoms with van der Waals surface area (Å²) in [5.74, 6) is 0. The normalized spacial score (nSPS) is 10.8. The van der Waals surface area contributed by atoms with Crippen molar-refractivity contribution >= 4 is 15.9 Å². The quantitative estimate of drug-likeness (QED) is 0.800. The van der Waals surface area contributed by atoms with Gasteiger partial charge in [-0.1, -0.05) is 0 Å². The molecule has 12 heavy (non-hydrogen) atoms. The Morgan fingerprint density at radius 2 is 2.17 bits per heavy atom. The van der Waals surface area contributed by atoms with E-state index in [0.29, 0.717) is 5.56 Å². The fourth-order valence-electron chi connectivity index (χ4n) is 0.773. The van der Waals surface area contributed by atoms with Crippen molar-refractivity contribution in [2.24, 2.45) is 0 Å². The van der Waals surface area contributed by atoms with Crippen molar-refractivity contribution in [1.82, 2.24) is 4.98 Å². The van der Waals surface area contributed by atoms with E-state index >= 15 is 0 Å². The van der Waals surface area contributed by atoms with Crippen molar-refractivity contribution in [1.29, 1.82) is 0 Å². The minimum atomic E-state index is -2.66. The highest BCUT2D eigenvalue weighted by Crippen LogP contribution is 2.23. The van der Waals surface area contributed by atoms with Gasteiger partial charge in [-0.15, -0.1) is 0 Å². The van der Waals surface area contributed by atoms with Crippen LogP contribution in [0.5, 0.6) is 0 Å². The van der Waals surface area contributed by atoms with E-state index in [1.165, 1.54) is 6.07 Å². The molecule has 1 heterocycles. The lowest BCUT2D eigenvalue weighted by Crippen LogP contribution is -2.12. The SMILES string of the molecule is Cc1cc(Br)c(C(F)F)[nH]c1=O. The standard InChI is InChI=1S/C7H6BrF2NO/c1-3-2-4(8)5(6(9)10)11-7(3)12/h2,6H,1H3,(H,11,12). The monoisotopic (exact) mass is 237 g/mol. The van der Waals surface area contributed by atoms with Crippen LogP contribution in [-0.2, 0) is 0 Å². The fraction of sp³-hybridized carbons (Fsp3) is 0.286. The third-order valence-corrected chi connectivity index (χ3v) is 2.08. The van der Waals surface area contributed by atoms with Crippen LogP contribution in [0.2, 0.25) is 0 Å². The largest absolute Gasteiger partial charge is 0.320 e. The first-order valence-electron chi connectivity index (χ1n) is 3.20. The summed E-state index contributed by atoms with van der Waals surface area (Å²) in [6, 6.07) is 1.38. The van der Waals surface area contributed by atoms with Gasteiger partial charge in [0.1, 0.15) is 0 Å². The number of rotatable bonds is 1. The van der Waals surface area contributed by atoms with Crippen LogP contribution in [-0.4, -0.2) is 4.98 Å². The number of nitrogens with one attached hydrogen (secondary N) is 1. The smallest absolute Gasteiger partial charge is 0.279 e. The van der Waals surface area contributed by atoms with Crippen molar-refractivity contribution in [3.63, 3.8) is 0 Å². The summed E-state index contributed by atoms with van der Waals surface area (Å²) in [6.45, 7) is 1.55. The number of pyridine rings is 1. The van der Waals surface area contributed by atoms with Gasteiger partial charge in [-0.25, -0.2) is 8.78 Å². The molecule has 1 aromatic heterocycles. The summed E-state index contributed by atoms with van der Waals surface area (Å²) in [5, 5.41) is 0. The Morgan fingerprint density at radius 3 is 2.67 bits per heavy atom. The number of aryl methyl sites for hydroxylation is 1. The molecule has 1 aromatic rings. The van der Waals surface area contributed by atoms with Gasteiger partial charge in [0.05, 0.1) is 5.69 Å². The first-order valence-corrected chi connectivity index (χ1v) is 3.99. The Balaban J connectivity index is 3.33. The molecule has 0 atom stereocenters. The first kappa shape index (κ1) is 9.38. The molecule has 0 aromatic carbocycles. The molecule has 66 valence electrons. The molecule has 0 spiro atoms. The number of alkyl halides is 2. The van der Waals surface area contributed by atoms with E-state index in [-0.39, 0.29) is 10.2 Å². The van der Waals surface area contributed by atoms with Gasteiger partial charge in [-0.05, 0) is 28.9 Å². The van der Waals surface area contributed by atoms with Gasteiger partial charge >= 0.3 is 0 Å². The second-order valence-electron chi connectivity index (χ2n) is 2.34. The molecule has 0 amide bonds. The maximum absolute atomic E-state index is 12.1. The molecule has 0 bridgehead atoms. The number of H-pyrrole nitrogens is 1. The zero-order valence-corrected chi connectivity index (χ0v) is 7.78. The summed E-state index contributed by atoms with van der Waals surface area (Å²) in [5.41, 5.74) is -0.439. The highest BCUT2D eigenvalue weighted by Gasteiger charge is 2.13. The van der Waals surface area contributed by atoms with Crippen LogP contribution in [0.4, 0.5) is 8.78 Å². The number of aromatic nitrogens is 1. The van der Waals surface area contributed by atoms with Crippen molar-refractivity contribution in [2.45, 2.75) is 13.3 Å². The lowest BCUT2D eigenvalue weighted by atomic mass is 10.3. The van der Waals surface area contributed by atoms with E-state index in [4.69, 9.17) is 0 Å². The molecule has 0 saturated heterocycles. The summed E-state index contributed by atoms with van der Waals surface area (Å²) in [4.78, 5) is 13.0. The lowest BCUT2D eigenvalue weighted by Gasteiger charge is -2.02. The third kappa shape index (κ3) is 1.72. The molecule has 0 aliphatic carbocycles. The fourth-order valence-corrected chi connectivity index (χ4v) is 1.39. The van der Waals surface area contributed by atoms with Crippen molar-refractivity contribution in [2.75, 3.05) is 0 Å². The average Bonchev–Trinajstić information content (AvgIpc) is 1.96. The van der Waals surface area contributed by atoms with Gasteiger partial charge in [0.2, 0.25) is 0 Å². The predicted molar refractivity (Wildman–Crippen MR) is 44.5 cm³/mol. The third-order valence-electron chi connectivity index (χ3n) is 1.43. The summed E-state index contributed by atoms with van der Waals surface area (Å²) in [6.07, 6.45) is -2.66. The van der Waals surface area contributed by atoms with Crippen molar-refractivity contribution < 1.29 is 8.78 Å². The van der Waals surface area contributed by atoms with E-state index in [1.54, 1.807) is 6.92 Å².